The summed E-state index contributed by atoms with van der Waals surface area (Å²) in [6, 6.07) is 5.53. The molecule has 1 aliphatic rings. The van der Waals surface area contributed by atoms with E-state index in [0.29, 0.717) is 17.2 Å². The number of hydrogen-bond donors (Lipinski definition) is 1. The number of aromatic nitrogens is 2. The Kier molecular flexibility index (Phi) is 3.08. The van der Waals surface area contributed by atoms with Crippen LogP contribution in [0.15, 0.2) is 18.2 Å². The SMILES string of the molecule is COc1ccc([C@@H]2c3c(n[nH]c3C)C(=O)N2C)cc1OC. The van der Waals surface area contributed by atoms with Crippen molar-refractivity contribution < 1.29 is 14.3 Å². The Morgan fingerprint density at radius 3 is 2.62 bits per heavy atom. The van der Waals surface area contributed by atoms with Gasteiger partial charge in [0.05, 0.1) is 20.3 Å². The zero-order valence-electron chi connectivity index (χ0n) is 12.4. The number of aryl methyl sites for hydroxylation is 1. The van der Waals surface area contributed by atoms with E-state index in [1.165, 1.54) is 0 Å². The zero-order chi connectivity index (χ0) is 15.1. The molecule has 1 atom stereocenters. The van der Waals surface area contributed by atoms with Crippen molar-refractivity contribution in [2.45, 2.75) is 13.0 Å². The van der Waals surface area contributed by atoms with Crippen LogP contribution >= 0.6 is 0 Å². The fraction of sp³-hybridized carbons (Fsp3) is 0.333. The van der Waals surface area contributed by atoms with Crippen LogP contribution in [0.25, 0.3) is 0 Å². The van der Waals surface area contributed by atoms with Crippen LogP contribution < -0.4 is 9.47 Å². The molecule has 6 heteroatoms. The number of nitrogens with zero attached hydrogens (tertiary/aromatic N) is 2. The minimum atomic E-state index is -0.161. The molecule has 2 heterocycles. The molecule has 2 aromatic rings. The van der Waals surface area contributed by atoms with Gasteiger partial charge in [0.15, 0.2) is 17.2 Å². The highest BCUT2D eigenvalue weighted by Crippen LogP contribution is 2.40. The number of rotatable bonds is 3. The Morgan fingerprint density at radius 2 is 1.95 bits per heavy atom. The number of carbonyl (C=O) groups is 1. The van der Waals surface area contributed by atoms with Crippen molar-refractivity contribution in [3.63, 3.8) is 0 Å². The summed E-state index contributed by atoms with van der Waals surface area (Å²) in [5.41, 5.74) is 3.29. The molecular weight excluding hydrogens is 270 g/mol. The van der Waals surface area contributed by atoms with Crippen molar-refractivity contribution in [3.05, 3.63) is 40.7 Å². The molecule has 1 aromatic heterocycles. The third-order valence-electron chi connectivity index (χ3n) is 3.90. The smallest absolute Gasteiger partial charge is 0.275 e. The first-order valence-electron chi connectivity index (χ1n) is 6.62. The molecule has 1 N–H and O–H groups in total. The van der Waals surface area contributed by atoms with Crippen LogP contribution in [0.1, 0.15) is 33.4 Å². The molecule has 1 amide bonds. The third-order valence-corrected chi connectivity index (χ3v) is 3.90. The Balaban J connectivity index is 2.12. The first kappa shape index (κ1) is 13.5. The quantitative estimate of drug-likeness (QED) is 0.936. The Bertz CT molecular complexity index is 708. The van der Waals surface area contributed by atoms with E-state index in [-0.39, 0.29) is 11.9 Å². The van der Waals surface area contributed by atoms with Crippen LogP contribution in [0.2, 0.25) is 0 Å². The van der Waals surface area contributed by atoms with Crippen molar-refractivity contribution in [3.8, 4) is 11.5 Å². The first-order chi connectivity index (χ1) is 10.1. The molecule has 0 unspecified atom stereocenters. The lowest BCUT2D eigenvalue weighted by molar-refractivity contribution is 0.0787. The first-order valence-corrected chi connectivity index (χ1v) is 6.62. The molecule has 0 saturated carbocycles. The number of benzene rings is 1. The van der Waals surface area contributed by atoms with Crippen molar-refractivity contribution in [2.24, 2.45) is 0 Å². The van der Waals surface area contributed by atoms with Gasteiger partial charge in [-0.05, 0) is 24.6 Å². The monoisotopic (exact) mass is 287 g/mol. The maximum absolute atomic E-state index is 12.3. The van der Waals surface area contributed by atoms with Crippen LogP contribution in [0.5, 0.6) is 11.5 Å². The summed E-state index contributed by atoms with van der Waals surface area (Å²) < 4.78 is 10.6. The topological polar surface area (TPSA) is 67.5 Å². The lowest BCUT2D eigenvalue weighted by Gasteiger charge is -2.22. The van der Waals surface area contributed by atoms with Gasteiger partial charge in [-0.25, -0.2) is 0 Å². The van der Waals surface area contributed by atoms with Gasteiger partial charge in [0, 0.05) is 18.3 Å². The van der Waals surface area contributed by atoms with Crippen molar-refractivity contribution in [2.75, 3.05) is 21.3 Å². The van der Waals surface area contributed by atoms with E-state index in [0.717, 1.165) is 16.8 Å². The van der Waals surface area contributed by atoms with Gasteiger partial charge in [0.25, 0.3) is 5.91 Å². The molecule has 3 rings (SSSR count). The van der Waals surface area contributed by atoms with Gasteiger partial charge >= 0.3 is 0 Å². The minimum absolute atomic E-state index is 0.0749. The molecule has 0 spiro atoms. The normalized spacial score (nSPS) is 17.0. The maximum Gasteiger partial charge on any atom is 0.275 e. The number of fused-ring (bicyclic) bond motifs is 1. The summed E-state index contributed by atoms with van der Waals surface area (Å²) in [5, 5.41) is 7.00. The summed E-state index contributed by atoms with van der Waals surface area (Å²) in [4.78, 5) is 14.0. The predicted octanol–water partition coefficient (Wildman–Crippen LogP) is 1.91. The van der Waals surface area contributed by atoms with Gasteiger partial charge in [-0.2, -0.15) is 5.10 Å². The van der Waals surface area contributed by atoms with E-state index in [2.05, 4.69) is 10.2 Å². The van der Waals surface area contributed by atoms with Gasteiger partial charge < -0.3 is 14.4 Å². The number of methoxy groups -OCH3 is 2. The van der Waals surface area contributed by atoms with E-state index < -0.39 is 0 Å². The van der Waals surface area contributed by atoms with Crippen LogP contribution in [0.3, 0.4) is 0 Å². The number of aromatic amines is 1. The van der Waals surface area contributed by atoms with E-state index >= 15 is 0 Å². The molecule has 1 aliphatic heterocycles. The fourth-order valence-corrected chi connectivity index (χ4v) is 2.83. The maximum atomic E-state index is 12.3. The van der Waals surface area contributed by atoms with Gasteiger partial charge in [0.1, 0.15) is 0 Å². The standard InChI is InChI=1S/C15H17N3O3/c1-8-12-13(17-16-8)15(19)18(2)14(12)9-5-6-10(20-3)11(7-9)21-4/h5-7,14H,1-4H3,(H,16,17)/t14-/m1/s1. The molecule has 0 bridgehead atoms. The second kappa shape index (κ2) is 4.80. The van der Waals surface area contributed by atoms with Crippen LogP contribution in [-0.4, -0.2) is 42.3 Å². The van der Waals surface area contributed by atoms with Crippen LogP contribution in [0.4, 0.5) is 0 Å². The molecule has 21 heavy (non-hydrogen) atoms. The molecule has 6 nitrogen and oxygen atoms in total. The van der Waals surface area contributed by atoms with Crippen molar-refractivity contribution >= 4 is 5.91 Å². The number of amides is 1. The molecular formula is C15H17N3O3. The molecule has 0 saturated heterocycles. The summed E-state index contributed by atoms with van der Waals surface area (Å²) in [6.45, 7) is 1.92. The van der Waals surface area contributed by atoms with Gasteiger partial charge in [-0.3, -0.25) is 9.89 Å². The number of hydrogen-bond acceptors (Lipinski definition) is 4. The summed E-state index contributed by atoms with van der Waals surface area (Å²) in [6.07, 6.45) is 0. The molecule has 110 valence electrons. The molecule has 0 aliphatic carbocycles. The average Bonchev–Trinajstić information content (AvgIpc) is 2.99. The number of H-pyrrole nitrogens is 1. The lowest BCUT2D eigenvalue weighted by atomic mass is 9.99. The second-order valence-electron chi connectivity index (χ2n) is 5.04. The van der Waals surface area contributed by atoms with E-state index in [1.54, 1.807) is 26.2 Å². The highest BCUT2D eigenvalue weighted by atomic mass is 16.5. The molecule has 0 radical (unpaired) electrons. The van der Waals surface area contributed by atoms with E-state index in [9.17, 15) is 4.79 Å². The van der Waals surface area contributed by atoms with Gasteiger partial charge in [-0.15, -0.1) is 0 Å². The van der Waals surface area contributed by atoms with E-state index in [1.807, 2.05) is 25.1 Å². The highest BCUT2D eigenvalue weighted by Gasteiger charge is 2.39. The van der Waals surface area contributed by atoms with Gasteiger partial charge in [0.2, 0.25) is 0 Å². The van der Waals surface area contributed by atoms with Crippen molar-refractivity contribution in [1.82, 2.24) is 15.1 Å². The highest BCUT2D eigenvalue weighted by molar-refractivity contribution is 5.98. The van der Waals surface area contributed by atoms with E-state index in [4.69, 9.17) is 9.47 Å². The summed E-state index contributed by atoms with van der Waals surface area (Å²) in [5.74, 6) is 1.23. The third kappa shape index (κ3) is 1.86. The molecule has 1 aromatic carbocycles. The lowest BCUT2D eigenvalue weighted by Crippen LogP contribution is -2.24. The average molecular weight is 287 g/mol. The molecule has 0 fully saturated rings. The summed E-state index contributed by atoms with van der Waals surface area (Å²) >= 11 is 0. The number of nitrogens with one attached hydrogen (secondary N) is 1. The zero-order valence-corrected chi connectivity index (χ0v) is 12.4. The Labute approximate surface area is 122 Å². The number of ether oxygens (including phenoxy) is 2. The Morgan fingerprint density at radius 1 is 1.24 bits per heavy atom. The second-order valence-corrected chi connectivity index (χ2v) is 5.04. The van der Waals surface area contributed by atoms with Crippen molar-refractivity contribution in [1.29, 1.82) is 0 Å². The van der Waals surface area contributed by atoms with Crippen LogP contribution in [0, 0.1) is 6.92 Å². The Hall–Kier alpha value is -2.50. The number of carbonyl (C=O) groups excluding carboxylic acids is 1. The van der Waals surface area contributed by atoms with Gasteiger partial charge in [-0.1, -0.05) is 6.07 Å². The minimum Gasteiger partial charge on any atom is -0.493 e. The fourth-order valence-electron chi connectivity index (χ4n) is 2.83. The summed E-state index contributed by atoms with van der Waals surface area (Å²) in [7, 11) is 4.98. The van der Waals surface area contributed by atoms with Crippen LogP contribution in [-0.2, 0) is 0 Å². The largest absolute Gasteiger partial charge is 0.493 e. The predicted molar refractivity (Wildman–Crippen MR) is 76.8 cm³/mol.